The number of aliphatic carboxylic acids is 1. The Balaban J connectivity index is 1.63. The fourth-order valence-electron chi connectivity index (χ4n) is 6.64. The Hall–Kier alpha value is -2.96. The number of nitrogens with zero attached hydrogens (tertiary/aromatic N) is 2. The van der Waals surface area contributed by atoms with Crippen LogP contribution in [0.2, 0.25) is 0 Å². The molecule has 1 aliphatic carbocycles. The topological polar surface area (TPSA) is 433 Å². The lowest BCUT2D eigenvalue weighted by molar-refractivity contribution is -0.336. The summed E-state index contributed by atoms with van der Waals surface area (Å²) in [5.74, 6) is -3.15. The molecule has 3 heterocycles. The summed E-state index contributed by atoms with van der Waals surface area (Å²) in [4.78, 5) is 31.9. The molecule has 0 bridgehead atoms. The molecule has 0 aromatic carbocycles. The van der Waals surface area contributed by atoms with Gasteiger partial charge in [0, 0.05) is 0 Å². The molecular weight excluding hydrogens is 710 g/mol. The smallest absolute Gasteiger partial charge is 0.344 e. The molecule has 3 aliphatic heterocycles. The molecule has 19 atom stereocenters. The summed E-state index contributed by atoms with van der Waals surface area (Å²) < 4.78 is 34.2. The second kappa shape index (κ2) is 16.2. The third-order valence-corrected chi connectivity index (χ3v) is 9.57. The highest BCUT2D eigenvalue weighted by Gasteiger charge is 2.64. The van der Waals surface area contributed by atoms with Gasteiger partial charge in [0.25, 0.3) is 0 Å². The number of hydrogen-bond donors (Lipinski definition) is 15. The highest BCUT2D eigenvalue weighted by Crippen LogP contribution is 2.40. The molecule has 19 N–H and O–H groups in total. The van der Waals surface area contributed by atoms with Crippen molar-refractivity contribution in [1.82, 2.24) is 5.32 Å². The lowest BCUT2D eigenvalue weighted by Crippen LogP contribution is -2.68. The predicted molar refractivity (Wildman–Crippen MR) is 166 cm³/mol. The average Bonchev–Trinajstić information content (AvgIpc) is 3.48. The Kier molecular flexibility index (Phi) is 13.0. The molecule has 298 valence electrons. The number of guanidine groups is 2. The van der Waals surface area contributed by atoms with Gasteiger partial charge in [-0.05, 0) is 14.0 Å². The largest absolute Gasteiger partial charge is 0.479 e. The third-order valence-electron chi connectivity index (χ3n) is 9.57. The molecule has 0 radical (unpaired) electrons. The normalized spacial score (nSPS) is 47.9. The molecule has 52 heavy (non-hydrogen) atoms. The molecule has 25 nitrogen and oxygen atoms in total. The van der Waals surface area contributed by atoms with Crippen LogP contribution in [0, 0.1) is 0 Å². The summed E-state index contributed by atoms with van der Waals surface area (Å²) in [5.41, 5.74) is 16.2. The van der Waals surface area contributed by atoms with E-state index in [1.807, 2.05) is 0 Å². The summed E-state index contributed by atoms with van der Waals surface area (Å²) in [6.45, 7) is -0.634. The molecule has 0 unspecified atom stereocenters. The minimum Gasteiger partial charge on any atom is -0.479 e. The number of hydrogen-bond acceptors (Lipinski definition) is 20. The average molecular weight is 758 g/mol. The Labute approximate surface area is 294 Å². The van der Waals surface area contributed by atoms with Crippen molar-refractivity contribution < 1.29 is 89.1 Å². The van der Waals surface area contributed by atoms with E-state index in [0.717, 1.165) is 0 Å². The number of carboxylic acids is 1. The molecule has 4 aliphatic rings. The van der Waals surface area contributed by atoms with Gasteiger partial charge in [0.15, 0.2) is 36.4 Å². The maximum absolute atomic E-state index is 12.4. The van der Waals surface area contributed by atoms with Gasteiger partial charge in [-0.15, -0.1) is 0 Å². The first-order chi connectivity index (χ1) is 24.3. The number of carboxylic acid groups (broad SMARTS) is 1. The minimum atomic E-state index is -3.14. The molecule has 0 aromatic rings. The number of aliphatic imine (C=N–C) groups is 2. The van der Waals surface area contributed by atoms with Crippen molar-refractivity contribution in [2.75, 3.05) is 20.3 Å². The van der Waals surface area contributed by atoms with Crippen molar-refractivity contribution in [2.45, 2.75) is 122 Å². The summed E-state index contributed by atoms with van der Waals surface area (Å²) in [5, 5.41) is 109. The quantitative estimate of drug-likeness (QED) is 0.0471. The second-order valence-electron chi connectivity index (χ2n) is 12.8. The maximum Gasteiger partial charge on any atom is 0.344 e. The number of rotatable bonds is 13. The molecule has 0 aromatic heterocycles. The molecule has 3 saturated heterocycles. The van der Waals surface area contributed by atoms with Gasteiger partial charge in [-0.1, -0.05) is 0 Å². The molecular formula is C27H47N7O18. The fraction of sp³-hybridized carbons (Fsp3) is 0.852. The van der Waals surface area contributed by atoms with Crippen molar-refractivity contribution >= 4 is 24.2 Å². The van der Waals surface area contributed by atoms with E-state index in [4.69, 9.17) is 51.4 Å². The lowest BCUT2D eigenvalue weighted by Gasteiger charge is -2.47. The van der Waals surface area contributed by atoms with Crippen molar-refractivity contribution in [3.63, 3.8) is 0 Å². The minimum absolute atomic E-state index is 0.0606. The highest BCUT2D eigenvalue weighted by molar-refractivity contribution is 5.79. The zero-order valence-electron chi connectivity index (χ0n) is 27.7. The fourth-order valence-corrected chi connectivity index (χ4v) is 6.64. The molecule has 0 spiro atoms. The van der Waals surface area contributed by atoms with E-state index in [-0.39, 0.29) is 6.29 Å². The van der Waals surface area contributed by atoms with Gasteiger partial charge in [-0.2, -0.15) is 0 Å². The Bertz CT molecular complexity index is 1330. The van der Waals surface area contributed by atoms with Crippen LogP contribution in [-0.4, -0.2) is 211 Å². The number of nitrogens with two attached hydrogens (primary N) is 4. The van der Waals surface area contributed by atoms with Crippen LogP contribution < -0.4 is 28.3 Å². The Morgan fingerprint density at radius 3 is 1.92 bits per heavy atom. The number of aliphatic hydroxyl groups is 9. The van der Waals surface area contributed by atoms with Crippen LogP contribution in [0.15, 0.2) is 9.98 Å². The van der Waals surface area contributed by atoms with E-state index in [1.54, 1.807) is 0 Å². The number of ether oxygens (including phenoxy) is 6. The number of aldehydes is 1. The van der Waals surface area contributed by atoms with Crippen LogP contribution in [0.4, 0.5) is 0 Å². The van der Waals surface area contributed by atoms with Crippen LogP contribution in [0.5, 0.6) is 0 Å². The first-order valence-electron chi connectivity index (χ1n) is 15.9. The predicted octanol–water partition coefficient (Wildman–Crippen LogP) is -10.2. The van der Waals surface area contributed by atoms with E-state index in [9.17, 15) is 60.7 Å². The number of aliphatic hydroxyl groups excluding tert-OH is 7. The molecule has 4 rings (SSSR count). The van der Waals surface area contributed by atoms with Gasteiger partial charge in [0.1, 0.15) is 73.1 Å². The SMILES string of the molecule is CN[C@H]1[C@@H](O[C@@H]2[C@@H](O[C@H]3[C@@H](O)[C@@H](O)[C@@H](N=C(N)N)[C@@H](O)[C@@H]3N=C(N)N)O[C@@H](C)[C@]2(O)C=O)O[C@H](CO)[C@H](O[C@H]2O[C@@H](CO)[C@H](O)[C@]2(O)C(=O)O)[C@@H]1O. The van der Waals surface area contributed by atoms with Crippen molar-refractivity contribution in [3.05, 3.63) is 0 Å². The van der Waals surface area contributed by atoms with E-state index in [1.165, 1.54) is 14.0 Å². The van der Waals surface area contributed by atoms with Gasteiger partial charge in [-0.25, -0.2) is 14.8 Å². The molecule has 4 fully saturated rings. The van der Waals surface area contributed by atoms with E-state index in [0.29, 0.717) is 0 Å². The number of likely N-dealkylation sites (N-methyl/N-ethyl adjacent to an activating group) is 1. The first kappa shape index (κ1) is 41.8. The van der Waals surface area contributed by atoms with Gasteiger partial charge >= 0.3 is 5.97 Å². The van der Waals surface area contributed by atoms with Crippen LogP contribution in [0.3, 0.4) is 0 Å². The van der Waals surface area contributed by atoms with Crippen LogP contribution in [0.1, 0.15) is 6.92 Å². The van der Waals surface area contributed by atoms with Gasteiger partial charge in [0.2, 0.25) is 11.9 Å². The number of nitrogens with one attached hydrogen (secondary N) is 1. The standard InChI is InChI=1S/C27H47N7O18/c1-6-26(45,5-37)19(21(47-6)50-17-10(34-25(30)31)12(38)9(33-24(28)29)13(39)15(17)41)52-20-11(32-2)14(40)16(7(3-35)48-20)51-23-27(46,22(43)44)18(42)8(4-36)49-23/h5-21,23,32,35-36,38-42,45-46H,3-4H2,1-2H3,(H,43,44)(H4,28,29,33)(H4,30,31,34)/t6-,7+,8-,9-,10-,11+,12+,13-,14+,15-,16-,17+,18-,19+,20+,21+,23+,26+,27-/m0/s1. The molecule has 0 amide bonds. The zero-order valence-corrected chi connectivity index (χ0v) is 27.7. The second-order valence-corrected chi connectivity index (χ2v) is 12.8. The van der Waals surface area contributed by atoms with Gasteiger partial charge < -0.3 is 108 Å². The number of carbonyl (C=O) groups excluding carboxylic acids is 1. The Morgan fingerprint density at radius 2 is 1.40 bits per heavy atom. The highest BCUT2D eigenvalue weighted by atomic mass is 16.8. The van der Waals surface area contributed by atoms with Crippen LogP contribution in [0.25, 0.3) is 0 Å². The summed E-state index contributed by atoms with van der Waals surface area (Å²) in [6, 6.07) is -4.56. The van der Waals surface area contributed by atoms with Crippen molar-refractivity contribution in [1.29, 1.82) is 0 Å². The molecule has 25 heteroatoms. The van der Waals surface area contributed by atoms with Crippen molar-refractivity contribution in [3.8, 4) is 0 Å². The monoisotopic (exact) mass is 757 g/mol. The number of carbonyl (C=O) groups is 2. The van der Waals surface area contributed by atoms with Crippen molar-refractivity contribution in [2.24, 2.45) is 32.9 Å². The van der Waals surface area contributed by atoms with Gasteiger partial charge in [-0.3, -0.25) is 4.79 Å². The van der Waals surface area contributed by atoms with E-state index in [2.05, 4.69) is 15.3 Å². The third kappa shape index (κ3) is 7.40. The lowest BCUT2D eigenvalue weighted by atomic mass is 9.81. The van der Waals surface area contributed by atoms with E-state index >= 15 is 0 Å². The first-order valence-corrected chi connectivity index (χ1v) is 15.9. The summed E-state index contributed by atoms with van der Waals surface area (Å²) in [6.07, 6.45) is -25.4. The molecule has 1 saturated carbocycles. The van der Waals surface area contributed by atoms with E-state index < -0.39 is 146 Å². The Morgan fingerprint density at radius 1 is 0.808 bits per heavy atom. The maximum atomic E-state index is 12.4. The van der Waals surface area contributed by atoms with Crippen LogP contribution in [-0.2, 0) is 38.0 Å². The zero-order chi connectivity index (χ0) is 39.0. The summed E-state index contributed by atoms with van der Waals surface area (Å²) in [7, 11) is 1.30. The van der Waals surface area contributed by atoms with Crippen LogP contribution >= 0.6 is 0 Å². The van der Waals surface area contributed by atoms with Gasteiger partial charge in [0.05, 0.1) is 25.4 Å². The summed E-state index contributed by atoms with van der Waals surface area (Å²) >= 11 is 0.